The molecule has 0 aliphatic carbocycles. The van der Waals surface area contributed by atoms with E-state index in [4.69, 9.17) is 9.84 Å². The van der Waals surface area contributed by atoms with Gasteiger partial charge in [0.05, 0.1) is 12.1 Å². The molecule has 1 heterocycles. The number of carbonyl (C=O) groups is 1. The third-order valence-electron chi connectivity index (χ3n) is 4.46. The number of carboxylic acids is 1. The summed E-state index contributed by atoms with van der Waals surface area (Å²) in [6, 6.07) is 25.6. The largest absolute Gasteiger partial charge is 0.487 e. The van der Waals surface area contributed by atoms with E-state index < -0.39 is 5.97 Å². The number of ether oxygens (including phenoxy) is 1. The number of benzene rings is 3. The Morgan fingerprint density at radius 1 is 0.862 bits per heavy atom. The number of hydrogen-bond donors (Lipinski definition) is 1. The molecule has 1 N–H and O–H groups in total. The Balaban J connectivity index is 1.37. The Labute approximate surface area is 173 Å². The fraction of sp³-hybridized carbons (Fsp3) is 0.0833. The quantitative estimate of drug-likeness (QED) is 0.433. The highest BCUT2D eigenvalue weighted by Gasteiger charge is 2.06. The molecule has 0 bridgehead atoms. The van der Waals surface area contributed by atoms with Crippen LogP contribution in [0.25, 0.3) is 21.7 Å². The number of carboxylic acid groups (broad SMARTS) is 1. The zero-order valence-corrected chi connectivity index (χ0v) is 16.4. The summed E-state index contributed by atoms with van der Waals surface area (Å²) in [5, 5.41) is 11.9. The van der Waals surface area contributed by atoms with Crippen molar-refractivity contribution < 1.29 is 14.6 Å². The molecule has 4 aromatic rings. The van der Waals surface area contributed by atoms with Crippen LogP contribution in [0.2, 0.25) is 0 Å². The van der Waals surface area contributed by atoms with Crippen molar-refractivity contribution in [3.05, 3.63) is 95.5 Å². The summed E-state index contributed by atoms with van der Waals surface area (Å²) in [5.74, 6) is -0.0410. The first kappa shape index (κ1) is 18.9. The third kappa shape index (κ3) is 4.89. The van der Waals surface area contributed by atoms with Crippen LogP contribution in [0, 0.1) is 0 Å². The van der Waals surface area contributed by atoms with Gasteiger partial charge in [-0.1, -0.05) is 66.7 Å². The zero-order valence-electron chi connectivity index (χ0n) is 15.6. The van der Waals surface area contributed by atoms with Crippen molar-refractivity contribution >= 4 is 17.3 Å². The molecular formula is C24H19NO3S. The molecule has 0 radical (unpaired) electrons. The first-order chi connectivity index (χ1) is 14.2. The molecule has 1 aromatic heterocycles. The smallest absolute Gasteiger partial charge is 0.307 e. The van der Waals surface area contributed by atoms with Crippen LogP contribution in [0.4, 0.5) is 0 Å². The summed E-state index contributed by atoms with van der Waals surface area (Å²) in [6.45, 7) is 0.423. The van der Waals surface area contributed by atoms with E-state index in [1.807, 2.05) is 72.1 Å². The molecule has 3 aromatic carbocycles. The van der Waals surface area contributed by atoms with Crippen LogP contribution in [0.5, 0.6) is 5.75 Å². The van der Waals surface area contributed by atoms with Gasteiger partial charge in [-0.15, -0.1) is 11.3 Å². The van der Waals surface area contributed by atoms with Crippen LogP contribution in [-0.4, -0.2) is 16.1 Å². The maximum Gasteiger partial charge on any atom is 0.307 e. The molecule has 0 unspecified atom stereocenters. The molecule has 0 amide bonds. The van der Waals surface area contributed by atoms with Gasteiger partial charge >= 0.3 is 5.97 Å². The summed E-state index contributed by atoms with van der Waals surface area (Å²) in [4.78, 5) is 15.4. The van der Waals surface area contributed by atoms with Crippen molar-refractivity contribution in [2.24, 2.45) is 0 Å². The van der Waals surface area contributed by atoms with Gasteiger partial charge in [0.1, 0.15) is 17.4 Å². The summed E-state index contributed by atoms with van der Waals surface area (Å²) < 4.78 is 5.87. The van der Waals surface area contributed by atoms with Crippen LogP contribution in [0.3, 0.4) is 0 Å². The molecule has 4 nitrogen and oxygen atoms in total. The average Bonchev–Trinajstić information content (AvgIpc) is 3.23. The fourth-order valence-electron chi connectivity index (χ4n) is 2.98. The molecule has 0 saturated carbocycles. The van der Waals surface area contributed by atoms with E-state index in [9.17, 15) is 4.79 Å². The number of aliphatic carboxylic acids is 1. The normalized spacial score (nSPS) is 10.6. The first-order valence-corrected chi connectivity index (χ1v) is 10.1. The minimum Gasteiger partial charge on any atom is -0.487 e. The molecular weight excluding hydrogens is 382 g/mol. The first-order valence-electron chi connectivity index (χ1n) is 9.21. The van der Waals surface area contributed by atoms with Crippen LogP contribution in [-0.2, 0) is 17.8 Å². The third-order valence-corrected chi connectivity index (χ3v) is 5.40. The number of aromatic nitrogens is 1. The number of nitrogens with zero attached hydrogens (tertiary/aromatic N) is 1. The van der Waals surface area contributed by atoms with E-state index in [0.29, 0.717) is 6.61 Å². The molecule has 0 aliphatic rings. The van der Waals surface area contributed by atoms with E-state index in [1.165, 1.54) is 0 Å². The monoisotopic (exact) mass is 401 g/mol. The van der Waals surface area contributed by atoms with Crippen molar-refractivity contribution in [1.82, 2.24) is 4.98 Å². The van der Waals surface area contributed by atoms with E-state index in [-0.39, 0.29) is 6.42 Å². The highest BCUT2D eigenvalue weighted by Crippen LogP contribution is 2.26. The van der Waals surface area contributed by atoms with Gasteiger partial charge in [-0.3, -0.25) is 4.79 Å². The van der Waals surface area contributed by atoms with Crippen LogP contribution >= 0.6 is 11.3 Å². The number of thiazole rings is 1. The van der Waals surface area contributed by atoms with E-state index in [0.717, 1.165) is 38.7 Å². The standard InChI is InChI=1S/C24H19NO3S/c26-23(27)14-17-6-8-18(9-7-17)19-10-12-22(13-11-19)28-15-21-16-29-24(25-21)20-4-2-1-3-5-20/h1-13,16H,14-15H2,(H,26,27). The van der Waals surface area contributed by atoms with E-state index >= 15 is 0 Å². The Bertz CT molecular complexity index is 1090. The number of hydrogen-bond acceptors (Lipinski definition) is 4. The lowest BCUT2D eigenvalue weighted by Crippen LogP contribution is -1.99. The predicted octanol–water partition coefficient (Wildman–Crippen LogP) is 5.68. The molecule has 0 aliphatic heterocycles. The Hall–Kier alpha value is -3.44. The average molecular weight is 401 g/mol. The minimum atomic E-state index is -0.824. The van der Waals surface area contributed by atoms with E-state index in [1.54, 1.807) is 11.3 Å². The highest BCUT2D eigenvalue weighted by molar-refractivity contribution is 7.13. The van der Waals surface area contributed by atoms with Crippen LogP contribution < -0.4 is 4.74 Å². The maximum atomic E-state index is 10.8. The summed E-state index contributed by atoms with van der Waals surface area (Å²) in [6.07, 6.45) is 0.0374. The number of rotatable bonds is 7. The van der Waals surface area contributed by atoms with Gasteiger partial charge in [0.2, 0.25) is 0 Å². The second-order valence-corrected chi connectivity index (χ2v) is 7.45. The van der Waals surface area contributed by atoms with Crippen molar-refractivity contribution in [1.29, 1.82) is 0 Å². The Kier molecular flexibility index (Phi) is 5.68. The van der Waals surface area contributed by atoms with E-state index in [2.05, 4.69) is 17.1 Å². The molecule has 29 heavy (non-hydrogen) atoms. The van der Waals surface area contributed by atoms with Crippen LogP contribution in [0.1, 0.15) is 11.3 Å². The van der Waals surface area contributed by atoms with Gasteiger partial charge in [-0.25, -0.2) is 4.98 Å². The topological polar surface area (TPSA) is 59.4 Å². The minimum absolute atomic E-state index is 0.0374. The predicted molar refractivity (Wildman–Crippen MR) is 115 cm³/mol. The van der Waals surface area contributed by atoms with Gasteiger partial charge in [-0.05, 0) is 28.8 Å². The summed E-state index contributed by atoms with van der Waals surface area (Å²) in [5.41, 5.74) is 4.91. The van der Waals surface area contributed by atoms with Gasteiger partial charge in [-0.2, -0.15) is 0 Å². The lowest BCUT2D eigenvalue weighted by atomic mass is 10.0. The molecule has 4 rings (SSSR count). The van der Waals surface area contributed by atoms with Crippen LogP contribution in [0.15, 0.2) is 84.2 Å². The molecule has 0 saturated heterocycles. The van der Waals surface area contributed by atoms with Crippen molar-refractivity contribution in [2.75, 3.05) is 0 Å². The molecule has 0 atom stereocenters. The van der Waals surface area contributed by atoms with Gasteiger partial charge in [0, 0.05) is 10.9 Å². The molecule has 0 fully saturated rings. The molecule has 5 heteroatoms. The van der Waals surface area contributed by atoms with Crippen molar-refractivity contribution in [2.45, 2.75) is 13.0 Å². The van der Waals surface area contributed by atoms with Gasteiger partial charge in [0.25, 0.3) is 0 Å². The summed E-state index contributed by atoms with van der Waals surface area (Å²) >= 11 is 1.61. The maximum absolute atomic E-state index is 10.8. The van der Waals surface area contributed by atoms with Crippen molar-refractivity contribution in [3.8, 4) is 27.4 Å². The van der Waals surface area contributed by atoms with Crippen molar-refractivity contribution in [3.63, 3.8) is 0 Å². The lowest BCUT2D eigenvalue weighted by molar-refractivity contribution is -0.136. The Morgan fingerprint density at radius 3 is 2.17 bits per heavy atom. The highest BCUT2D eigenvalue weighted by atomic mass is 32.1. The molecule has 0 spiro atoms. The van der Waals surface area contributed by atoms with Gasteiger partial charge in [0.15, 0.2) is 0 Å². The lowest BCUT2D eigenvalue weighted by Gasteiger charge is -2.07. The Morgan fingerprint density at radius 2 is 1.52 bits per heavy atom. The molecule has 144 valence electrons. The second-order valence-electron chi connectivity index (χ2n) is 6.59. The SMILES string of the molecule is O=C(O)Cc1ccc(-c2ccc(OCc3csc(-c4ccccc4)n3)cc2)cc1. The second kappa shape index (κ2) is 8.71. The zero-order chi connectivity index (χ0) is 20.1. The van der Waals surface area contributed by atoms with Gasteiger partial charge < -0.3 is 9.84 Å². The summed E-state index contributed by atoms with van der Waals surface area (Å²) in [7, 11) is 0. The fourth-order valence-corrected chi connectivity index (χ4v) is 3.79.